The van der Waals surface area contributed by atoms with Gasteiger partial charge in [-0.2, -0.15) is 0 Å². The zero-order valence-corrected chi connectivity index (χ0v) is 11.4. The van der Waals surface area contributed by atoms with E-state index in [0.29, 0.717) is 5.02 Å². The molecule has 0 amide bonds. The second-order valence-corrected chi connectivity index (χ2v) is 5.21. The van der Waals surface area contributed by atoms with E-state index in [9.17, 15) is 0 Å². The summed E-state index contributed by atoms with van der Waals surface area (Å²) in [5.41, 5.74) is 8.25. The molecule has 0 fully saturated rings. The molecule has 0 spiro atoms. The second kappa shape index (κ2) is 5.17. The van der Waals surface area contributed by atoms with Crippen LogP contribution in [-0.4, -0.2) is 0 Å². The van der Waals surface area contributed by atoms with Crippen LogP contribution in [0.4, 0.5) is 0 Å². The van der Waals surface area contributed by atoms with Crippen LogP contribution in [0.25, 0.3) is 0 Å². The van der Waals surface area contributed by atoms with Gasteiger partial charge in [-0.3, -0.25) is 0 Å². The maximum absolute atomic E-state index is 6.20. The lowest BCUT2D eigenvalue weighted by Crippen LogP contribution is -2.12. The van der Waals surface area contributed by atoms with E-state index < -0.39 is 0 Å². The van der Waals surface area contributed by atoms with Crippen LogP contribution < -0.4 is 5.73 Å². The Hall–Kier alpha value is -0.580. The summed E-state index contributed by atoms with van der Waals surface area (Å²) in [5.74, 6) is 0. The molecule has 2 N–H and O–H groups in total. The van der Waals surface area contributed by atoms with E-state index in [2.05, 4.69) is 28.7 Å². The highest BCUT2D eigenvalue weighted by molar-refractivity contribution is 14.1. The fourth-order valence-electron chi connectivity index (χ4n) is 1.61. The maximum Gasteiger partial charge on any atom is 0.0566 e. The summed E-state index contributed by atoms with van der Waals surface area (Å²) in [7, 11) is 0. The normalized spacial score (nSPS) is 12.4. The molecule has 0 aliphatic rings. The van der Waals surface area contributed by atoms with Gasteiger partial charge < -0.3 is 5.73 Å². The molecule has 1 unspecified atom stereocenters. The Labute approximate surface area is 114 Å². The predicted octanol–water partition coefficient (Wildman–Crippen LogP) is 3.99. The zero-order valence-electron chi connectivity index (χ0n) is 8.53. The number of rotatable bonds is 2. The van der Waals surface area contributed by atoms with Gasteiger partial charge in [-0.25, -0.2) is 0 Å². The van der Waals surface area contributed by atoms with Gasteiger partial charge in [0.15, 0.2) is 0 Å². The Morgan fingerprint density at radius 1 is 1.06 bits per heavy atom. The third-order valence-electron chi connectivity index (χ3n) is 2.45. The largest absolute Gasteiger partial charge is 0.320 e. The molecular formula is C13H11ClIN. The van der Waals surface area contributed by atoms with Gasteiger partial charge in [-0.05, 0) is 51.9 Å². The Morgan fingerprint density at radius 2 is 1.81 bits per heavy atom. The molecule has 2 rings (SSSR count). The van der Waals surface area contributed by atoms with E-state index in [1.165, 1.54) is 3.57 Å². The molecule has 1 atom stereocenters. The zero-order chi connectivity index (χ0) is 11.5. The molecule has 82 valence electrons. The van der Waals surface area contributed by atoms with Gasteiger partial charge >= 0.3 is 0 Å². The van der Waals surface area contributed by atoms with E-state index in [1.807, 2.05) is 42.5 Å². The van der Waals surface area contributed by atoms with Crippen LogP contribution in [0.15, 0.2) is 48.5 Å². The molecule has 0 bridgehead atoms. The van der Waals surface area contributed by atoms with Gasteiger partial charge in [-0.1, -0.05) is 41.9 Å². The highest BCUT2D eigenvalue weighted by atomic mass is 127. The summed E-state index contributed by atoms with van der Waals surface area (Å²) in [6, 6.07) is 15.7. The fraction of sp³-hybridized carbons (Fsp3) is 0.0769. The third-order valence-corrected chi connectivity index (χ3v) is 3.46. The highest BCUT2D eigenvalue weighted by Crippen LogP contribution is 2.26. The van der Waals surface area contributed by atoms with Crippen LogP contribution in [0.5, 0.6) is 0 Å². The van der Waals surface area contributed by atoms with Gasteiger partial charge in [0, 0.05) is 8.59 Å². The van der Waals surface area contributed by atoms with Crippen LogP contribution in [-0.2, 0) is 0 Å². The monoisotopic (exact) mass is 343 g/mol. The Balaban J connectivity index is 2.39. The first-order valence-electron chi connectivity index (χ1n) is 4.94. The number of nitrogens with two attached hydrogens (primary N) is 1. The van der Waals surface area contributed by atoms with Crippen molar-refractivity contribution in [2.45, 2.75) is 6.04 Å². The van der Waals surface area contributed by atoms with Crippen molar-refractivity contribution in [3.05, 3.63) is 68.3 Å². The SMILES string of the molecule is NC(c1cccc(I)c1)c1ccccc1Cl. The minimum atomic E-state index is -0.164. The summed E-state index contributed by atoms with van der Waals surface area (Å²) in [5, 5.41) is 0.717. The second-order valence-electron chi connectivity index (χ2n) is 3.55. The molecule has 3 heteroatoms. The van der Waals surface area contributed by atoms with Crippen molar-refractivity contribution in [1.29, 1.82) is 0 Å². The summed E-state index contributed by atoms with van der Waals surface area (Å²) < 4.78 is 1.18. The van der Waals surface area contributed by atoms with E-state index in [1.54, 1.807) is 0 Å². The molecule has 16 heavy (non-hydrogen) atoms. The molecule has 1 nitrogen and oxygen atoms in total. The van der Waals surface area contributed by atoms with Crippen LogP contribution >= 0.6 is 34.2 Å². The molecule has 2 aromatic rings. The Kier molecular flexibility index (Phi) is 3.84. The Bertz CT molecular complexity index is 499. The average molecular weight is 344 g/mol. The van der Waals surface area contributed by atoms with Gasteiger partial charge in [0.05, 0.1) is 6.04 Å². The van der Waals surface area contributed by atoms with E-state index in [0.717, 1.165) is 11.1 Å². The van der Waals surface area contributed by atoms with Crippen LogP contribution in [0, 0.1) is 3.57 Å². The van der Waals surface area contributed by atoms with Crippen LogP contribution in [0.1, 0.15) is 17.2 Å². The molecule has 0 saturated carbocycles. The van der Waals surface area contributed by atoms with E-state index in [4.69, 9.17) is 17.3 Å². The third kappa shape index (κ3) is 2.56. The molecule has 0 aromatic heterocycles. The number of benzene rings is 2. The molecule has 0 saturated heterocycles. The molecule has 0 heterocycles. The number of hydrogen-bond acceptors (Lipinski definition) is 1. The van der Waals surface area contributed by atoms with Crippen molar-refractivity contribution < 1.29 is 0 Å². The predicted molar refractivity (Wildman–Crippen MR) is 76.6 cm³/mol. The summed E-state index contributed by atoms with van der Waals surface area (Å²) >= 11 is 8.41. The first-order chi connectivity index (χ1) is 7.68. The smallest absolute Gasteiger partial charge is 0.0566 e. The van der Waals surface area contributed by atoms with Crippen molar-refractivity contribution in [1.82, 2.24) is 0 Å². The molecule has 0 aliphatic heterocycles. The van der Waals surface area contributed by atoms with Crippen molar-refractivity contribution in [2.24, 2.45) is 5.73 Å². The first-order valence-corrected chi connectivity index (χ1v) is 6.39. The van der Waals surface area contributed by atoms with E-state index in [-0.39, 0.29) is 6.04 Å². The Morgan fingerprint density at radius 3 is 2.50 bits per heavy atom. The maximum atomic E-state index is 6.20. The minimum absolute atomic E-state index is 0.164. The van der Waals surface area contributed by atoms with Gasteiger partial charge in [0.2, 0.25) is 0 Å². The first kappa shape index (κ1) is 11.9. The summed E-state index contributed by atoms with van der Waals surface area (Å²) in [4.78, 5) is 0. The number of halogens is 2. The lowest BCUT2D eigenvalue weighted by Gasteiger charge is -2.14. The summed E-state index contributed by atoms with van der Waals surface area (Å²) in [6.45, 7) is 0. The quantitative estimate of drug-likeness (QED) is 0.820. The fourth-order valence-corrected chi connectivity index (χ4v) is 2.43. The van der Waals surface area contributed by atoms with E-state index >= 15 is 0 Å². The van der Waals surface area contributed by atoms with Crippen molar-refractivity contribution in [3.8, 4) is 0 Å². The van der Waals surface area contributed by atoms with Gasteiger partial charge in [0.1, 0.15) is 0 Å². The average Bonchev–Trinajstić information content (AvgIpc) is 2.29. The van der Waals surface area contributed by atoms with Crippen LogP contribution in [0.2, 0.25) is 5.02 Å². The van der Waals surface area contributed by atoms with Crippen molar-refractivity contribution in [3.63, 3.8) is 0 Å². The topological polar surface area (TPSA) is 26.0 Å². The minimum Gasteiger partial charge on any atom is -0.320 e. The van der Waals surface area contributed by atoms with Crippen LogP contribution in [0.3, 0.4) is 0 Å². The summed E-state index contributed by atoms with van der Waals surface area (Å²) in [6.07, 6.45) is 0. The highest BCUT2D eigenvalue weighted by Gasteiger charge is 2.11. The van der Waals surface area contributed by atoms with Crippen molar-refractivity contribution in [2.75, 3.05) is 0 Å². The molecule has 0 aliphatic carbocycles. The standard InChI is InChI=1S/C13H11ClIN/c14-12-7-2-1-6-11(12)13(16)9-4-3-5-10(15)8-9/h1-8,13H,16H2. The molecule has 0 radical (unpaired) electrons. The van der Waals surface area contributed by atoms with Crippen molar-refractivity contribution >= 4 is 34.2 Å². The van der Waals surface area contributed by atoms with Gasteiger partial charge in [-0.15, -0.1) is 0 Å². The lowest BCUT2D eigenvalue weighted by molar-refractivity contribution is 0.871. The molecule has 2 aromatic carbocycles. The number of hydrogen-bond donors (Lipinski definition) is 1. The lowest BCUT2D eigenvalue weighted by atomic mass is 10.00. The molecular weight excluding hydrogens is 333 g/mol. The van der Waals surface area contributed by atoms with Gasteiger partial charge in [0.25, 0.3) is 0 Å².